The van der Waals surface area contributed by atoms with E-state index in [1.165, 1.54) is 0 Å². The highest BCUT2D eigenvalue weighted by Crippen LogP contribution is 2.18. The van der Waals surface area contributed by atoms with E-state index >= 15 is 0 Å². The van der Waals surface area contributed by atoms with Crippen LogP contribution in [0.3, 0.4) is 0 Å². The van der Waals surface area contributed by atoms with Gasteiger partial charge in [-0.1, -0.05) is 6.07 Å². The van der Waals surface area contributed by atoms with E-state index in [0.29, 0.717) is 5.56 Å². The lowest BCUT2D eigenvalue weighted by atomic mass is 10.1. The average molecular weight is 239 g/mol. The number of hydrogen-bond acceptors (Lipinski definition) is 3. The van der Waals surface area contributed by atoms with Crippen molar-refractivity contribution in [1.29, 1.82) is 0 Å². The van der Waals surface area contributed by atoms with Crippen molar-refractivity contribution < 1.29 is 9.90 Å². The summed E-state index contributed by atoms with van der Waals surface area (Å²) in [5, 5.41) is 12.5. The molecule has 0 aliphatic carbocycles. The van der Waals surface area contributed by atoms with Gasteiger partial charge in [0, 0.05) is 11.8 Å². The molecule has 1 amide bonds. The molecule has 88 valence electrons. The normalized spacial score (nSPS) is 12.2. The van der Waals surface area contributed by atoms with Gasteiger partial charge in [-0.3, -0.25) is 4.79 Å². The van der Waals surface area contributed by atoms with Crippen LogP contribution < -0.4 is 5.32 Å². The number of nitrogens with one attached hydrogen (secondary N) is 1. The molecule has 16 heavy (non-hydrogen) atoms. The summed E-state index contributed by atoms with van der Waals surface area (Å²) in [5.74, 6) is 0.672. The number of phenolic OH excluding ortho intramolecular Hbond substituents is 1. The number of aromatic hydroxyl groups is 1. The molecule has 0 heterocycles. The molecule has 0 bridgehead atoms. The minimum Gasteiger partial charge on any atom is -0.507 e. The second kappa shape index (κ2) is 5.80. The lowest BCUT2D eigenvalue weighted by Crippen LogP contribution is -2.34. The van der Waals surface area contributed by atoms with Gasteiger partial charge in [0.2, 0.25) is 0 Å². The van der Waals surface area contributed by atoms with Crippen molar-refractivity contribution in [3.8, 4) is 5.75 Å². The third kappa shape index (κ3) is 3.45. The molecule has 0 spiro atoms. The molecule has 0 radical (unpaired) electrons. The monoisotopic (exact) mass is 239 g/mol. The molecule has 0 aliphatic heterocycles. The molecule has 1 aromatic rings. The molecular weight excluding hydrogens is 222 g/mol. The Labute approximate surface area is 100 Å². The third-order valence-corrected chi connectivity index (χ3v) is 3.03. The summed E-state index contributed by atoms with van der Waals surface area (Å²) >= 11 is 1.68. The Hall–Kier alpha value is -1.16. The highest BCUT2D eigenvalue weighted by Gasteiger charge is 2.13. The van der Waals surface area contributed by atoms with Crippen LogP contribution in [0.15, 0.2) is 18.2 Å². The van der Waals surface area contributed by atoms with Crippen LogP contribution >= 0.6 is 11.8 Å². The van der Waals surface area contributed by atoms with Gasteiger partial charge in [0.05, 0.1) is 5.56 Å². The van der Waals surface area contributed by atoms with Crippen LogP contribution in [0.2, 0.25) is 0 Å². The maximum Gasteiger partial charge on any atom is 0.255 e. The molecule has 0 aliphatic rings. The molecule has 3 nitrogen and oxygen atoms in total. The standard InChI is InChI=1S/C12H17NO2S/c1-8-4-5-10(11(14)6-8)12(15)13-9(2)7-16-3/h4-6,9,14H,7H2,1-3H3,(H,13,15). The van der Waals surface area contributed by atoms with Crippen molar-refractivity contribution in [2.24, 2.45) is 0 Å². The summed E-state index contributed by atoms with van der Waals surface area (Å²) in [4.78, 5) is 11.8. The first-order valence-corrected chi connectivity index (χ1v) is 6.53. The number of rotatable bonds is 4. The first-order valence-electron chi connectivity index (χ1n) is 5.14. The van der Waals surface area contributed by atoms with Gasteiger partial charge in [-0.2, -0.15) is 11.8 Å². The fourth-order valence-electron chi connectivity index (χ4n) is 1.43. The lowest BCUT2D eigenvalue weighted by Gasteiger charge is -2.13. The van der Waals surface area contributed by atoms with E-state index in [1.807, 2.05) is 26.2 Å². The number of thioether (sulfide) groups is 1. The first-order chi connectivity index (χ1) is 7.54. The van der Waals surface area contributed by atoms with E-state index in [4.69, 9.17) is 0 Å². The van der Waals surface area contributed by atoms with E-state index < -0.39 is 0 Å². The van der Waals surface area contributed by atoms with E-state index in [-0.39, 0.29) is 17.7 Å². The first kappa shape index (κ1) is 12.9. The Morgan fingerprint density at radius 2 is 2.25 bits per heavy atom. The van der Waals surface area contributed by atoms with E-state index in [2.05, 4.69) is 5.32 Å². The van der Waals surface area contributed by atoms with Crippen molar-refractivity contribution in [1.82, 2.24) is 5.32 Å². The number of aryl methyl sites for hydroxylation is 1. The van der Waals surface area contributed by atoms with Crippen LogP contribution in [0.1, 0.15) is 22.8 Å². The van der Waals surface area contributed by atoms with Crippen LogP contribution in [0.5, 0.6) is 5.75 Å². The summed E-state index contributed by atoms with van der Waals surface area (Å²) < 4.78 is 0. The van der Waals surface area contributed by atoms with Crippen molar-refractivity contribution in [2.45, 2.75) is 19.9 Å². The molecule has 0 saturated heterocycles. The van der Waals surface area contributed by atoms with Crippen molar-refractivity contribution >= 4 is 17.7 Å². The third-order valence-electron chi connectivity index (χ3n) is 2.19. The summed E-state index contributed by atoms with van der Waals surface area (Å²) in [6.45, 7) is 3.82. The minimum absolute atomic E-state index is 0.0360. The van der Waals surface area contributed by atoms with Gasteiger partial charge in [0.15, 0.2) is 0 Å². The molecule has 0 aromatic heterocycles. The van der Waals surface area contributed by atoms with Gasteiger partial charge in [-0.05, 0) is 37.8 Å². The molecule has 1 atom stereocenters. The van der Waals surface area contributed by atoms with E-state index in [0.717, 1.165) is 11.3 Å². The fourth-order valence-corrected chi connectivity index (χ4v) is 2.01. The van der Waals surface area contributed by atoms with Gasteiger partial charge in [0.1, 0.15) is 5.75 Å². The second-order valence-corrected chi connectivity index (χ2v) is 4.76. The maximum absolute atomic E-state index is 11.8. The van der Waals surface area contributed by atoms with Crippen LogP contribution in [-0.2, 0) is 0 Å². The SMILES string of the molecule is CSCC(C)NC(=O)c1ccc(C)cc1O. The topological polar surface area (TPSA) is 49.3 Å². The minimum atomic E-state index is -0.223. The van der Waals surface area contributed by atoms with Crippen LogP contribution in [0.25, 0.3) is 0 Å². The molecule has 2 N–H and O–H groups in total. The number of hydrogen-bond donors (Lipinski definition) is 2. The molecule has 1 unspecified atom stereocenters. The van der Waals surface area contributed by atoms with E-state index in [1.54, 1.807) is 23.9 Å². The smallest absolute Gasteiger partial charge is 0.255 e. The Morgan fingerprint density at radius 3 is 2.81 bits per heavy atom. The highest BCUT2D eigenvalue weighted by molar-refractivity contribution is 7.98. The summed E-state index contributed by atoms with van der Waals surface area (Å²) in [6.07, 6.45) is 1.99. The quantitative estimate of drug-likeness (QED) is 0.846. The van der Waals surface area contributed by atoms with E-state index in [9.17, 15) is 9.90 Å². The number of carbonyl (C=O) groups is 1. The molecule has 1 rings (SSSR count). The van der Waals surface area contributed by atoms with Gasteiger partial charge in [0.25, 0.3) is 5.91 Å². The number of benzene rings is 1. The van der Waals surface area contributed by atoms with Crippen LogP contribution in [-0.4, -0.2) is 29.1 Å². The molecular formula is C12H17NO2S. The van der Waals surface area contributed by atoms with Crippen molar-refractivity contribution in [3.05, 3.63) is 29.3 Å². The van der Waals surface area contributed by atoms with Gasteiger partial charge in [-0.25, -0.2) is 0 Å². The fraction of sp³-hybridized carbons (Fsp3) is 0.417. The van der Waals surface area contributed by atoms with Crippen molar-refractivity contribution in [3.63, 3.8) is 0 Å². The van der Waals surface area contributed by atoms with Gasteiger partial charge in [-0.15, -0.1) is 0 Å². The Balaban J connectivity index is 2.73. The predicted molar refractivity (Wildman–Crippen MR) is 68.2 cm³/mol. The summed E-state index contributed by atoms with van der Waals surface area (Å²) in [6, 6.07) is 5.15. The summed E-state index contributed by atoms with van der Waals surface area (Å²) in [5.41, 5.74) is 1.27. The lowest BCUT2D eigenvalue weighted by molar-refractivity contribution is 0.0941. The molecule has 0 fully saturated rings. The highest BCUT2D eigenvalue weighted by atomic mass is 32.2. The zero-order valence-electron chi connectivity index (χ0n) is 9.78. The molecule has 4 heteroatoms. The Kier molecular flexibility index (Phi) is 4.68. The van der Waals surface area contributed by atoms with Gasteiger partial charge >= 0.3 is 0 Å². The zero-order chi connectivity index (χ0) is 12.1. The Morgan fingerprint density at radius 1 is 1.56 bits per heavy atom. The number of phenols is 1. The van der Waals surface area contributed by atoms with Crippen LogP contribution in [0, 0.1) is 6.92 Å². The summed E-state index contributed by atoms with van der Waals surface area (Å²) in [7, 11) is 0. The number of carbonyl (C=O) groups excluding carboxylic acids is 1. The second-order valence-electron chi connectivity index (χ2n) is 3.85. The molecule has 0 saturated carbocycles. The average Bonchev–Trinajstić information content (AvgIpc) is 2.17. The number of amides is 1. The predicted octanol–water partition coefficient (Wildman–Crippen LogP) is 2.18. The largest absolute Gasteiger partial charge is 0.507 e. The van der Waals surface area contributed by atoms with Crippen LogP contribution in [0.4, 0.5) is 0 Å². The van der Waals surface area contributed by atoms with Gasteiger partial charge < -0.3 is 10.4 Å². The Bertz CT molecular complexity index is 379. The van der Waals surface area contributed by atoms with Crippen molar-refractivity contribution in [2.75, 3.05) is 12.0 Å². The zero-order valence-corrected chi connectivity index (χ0v) is 10.6. The maximum atomic E-state index is 11.8. The molecule has 1 aromatic carbocycles.